The van der Waals surface area contributed by atoms with Gasteiger partial charge in [-0.25, -0.2) is 0 Å². The van der Waals surface area contributed by atoms with E-state index in [0.717, 1.165) is 257 Å². The van der Waals surface area contributed by atoms with Crippen LogP contribution in [0.1, 0.15) is 321 Å². The molecule has 0 unspecified atom stereocenters. The van der Waals surface area contributed by atoms with Crippen LogP contribution < -0.4 is 0 Å². The molecule has 10 saturated carbocycles. The quantitative estimate of drug-likeness (QED) is 0.108. The van der Waals surface area contributed by atoms with Crippen molar-refractivity contribution in [3.63, 3.8) is 0 Å². The van der Waals surface area contributed by atoms with E-state index in [4.69, 9.17) is 67.8 Å². The standard InChI is InChI=1S/C60H110N5O10P5/c1-11-31-51(32-12-1)66-76(67-52-33-13-2-14-34-52)61-77(68-53-35-15-3-16-36-53,69-54-37-17-4-18-38-54)63-79(72-57-43-23-7-24-44-57,73-58-45-25-8-26-46-58)65-80(74-59-47-27-9-28-48-59,75-60-49-29-10-30-50-60)64-78(62-76,70-55-39-19-5-20-40-55)71-56-41-21-6-22-42-56/h51-60H,1-50H2. The Morgan fingerprint density at radius 3 is 0.312 bits per heavy atom. The summed E-state index contributed by atoms with van der Waals surface area (Å²) in [5.41, 5.74) is 0. The smallest absolute Gasteiger partial charge is 0.303 e. The number of rotatable bonds is 20. The van der Waals surface area contributed by atoms with Crippen LogP contribution in [0, 0.1) is 0 Å². The van der Waals surface area contributed by atoms with E-state index < -0.39 is 38.3 Å². The highest BCUT2D eigenvalue weighted by Crippen LogP contribution is 2.84. The molecule has 10 aliphatic carbocycles. The molecule has 80 heavy (non-hydrogen) atoms. The molecule has 15 nitrogen and oxygen atoms in total. The Morgan fingerprint density at radius 2 is 0.225 bits per heavy atom. The lowest BCUT2D eigenvalue weighted by Crippen LogP contribution is -2.24. The van der Waals surface area contributed by atoms with Crippen molar-refractivity contribution in [2.45, 2.75) is 382 Å². The molecule has 1 heterocycles. The molecule has 20 heteroatoms. The van der Waals surface area contributed by atoms with Crippen molar-refractivity contribution in [1.29, 1.82) is 0 Å². The van der Waals surface area contributed by atoms with Crippen LogP contribution in [0.3, 0.4) is 0 Å². The third-order valence-electron chi connectivity index (χ3n) is 19.5. The maximum Gasteiger partial charge on any atom is 0.349 e. The minimum absolute atomic E-state index is 0.147. The molecule has 10 fully saturated rings. The molecule has 11 rings (SSSR count). The van der Waals surface area contributed by atoms with Crippen molar-refractivity contribution >= 4 is 38.3 Å². The van der Waals surface area contributed by atoms with Crippen LogP contribution in [0.5, 0.6) is 0 Å². The first kappa shape index (κ1) is 62.4. The monoisotopic (exact) mass is 1220 g/mol. The van der Waals surface area contributed by atoms with Gasteiger partial charge in [-0.1, -0.05) is 193 Å². The van der Waals surface area contributed by atoms with Crippen molar-refractivity contribution in [3.05, 3.63) is 0 Å². The van der Waals surface area contributed by atoms with Gasteiger partial charge in [-0.05, 0) is 128 Å². The van der Waals surface area contributed by atoms with Crippen molar-refractivity contribution in [2.24, 2.45) is 22.6 Å². The fourth-order valence-corrected chi connectivity index (χ4v) is 32.6. The Labute approximate surface area is 485 Å². The van der Waals surface area contributed by atoms with Crippen LogP contribution in [0.4, 0.5) is 0 Å². The van der Waals surface area contributed by atoms with Gasteiger partial charge in [0.1, 0.15) is 0 Å². The van der Waals surface area contributed by atoms with Gasteiger partial charge in [-0.15, -0.1) is 22.6 Å². The van der Waals surface area contributed by atoms with Gasteiger partial charge in [-0.2, -0.15) is 0 Å². The van der Waals surface area contributed by atoms with E-state index in [9.17, 15) is 0 Å². The highest BCUT2D eigenvalue weighted by Gasteiger charge is 2.51. The Balaban J connectivity index is 1.30. The first-order valence-electron chi connectivity index (χ1n) is 34.3. The van der Waals surface area contributed by atoms with E-state index in [1.165, 1.54) is 64.2 Å². The molecule has 11 aliphatic rings. The first-order valence-corrected chi connectivity index (χ1v) is 42.0. The molecule has 0 radical (unpaired) electrons. The van der Waals surface area contributed by atoms with Gasteiger partial charge >= 0.3 is 38.3 Å². The SMILES string of the molecule is C1CCC(OP2(OC3CCCCC3)=NP(OC3CCCCC3)(OC3CCCCC3)=NP(OC3CCCCC3)(OC3CCCCC3)=NP(OC3CCCCC3)(OC3CCCCC3)=NP(OC3CCCCC3)(OC3CCCCC3)=N2)CC1. The van der Waals surface area contributed by atoms with Crippen molar-refractivity contribution < 1.29 is 45.2 Å². The summed E-state index contributed by atoms with van der Waals surface area (Å²) >= 11 is 0. The highest BCUT2D eigenvalue weighted by atomic mass is 31.3. The average molecular weight is 1220 g/mol. The van der Waals surface area contributed by atoms with Crippen LogP contribution in [-0.2, 0) is 45.2 Å². The molecule has 0 N–H and O–H groups in total. The lowest BCUT2D eigenvalue weighted by molar-refractivity contribution is 0.0826. The molecular formula is C60H110N5O10P5. The minimum Gasteiger partial charge on any atom is -0.303 e. The normalized spacial score (nSPS) is 30.2. The van der Waals surface area contributed by atoms with Gasteiger partial charge in [0.05, 0.1) is 61.0 Å². The summed E-state index contributed by atoms with van der Waals surface area (Å²) in [5.74, 6) is 0. The van der Waals surface area contributed by atoms with Gasteiger partial charge in [0.25, 0.3) is 0 Å². The predicted molar refractivity (Wildman–Crippen MR) is 326 cm³/mol. The van der Waals surface area contributed by atoms with Crippen LogP contribution >= 0.6 is 38.3 Å². The van der Waals surface area contributed by atoms with Crippen molar-refractivity contribution in [1.82, 2.24) is 0 Å². The average Bonchev–Trinajstić information content (AvgIpc) is 3.53. The molecule has 460 valence electrons. The molecule has 1 aliphatic heterocycles. The summed E-state index contributed by atoms with van der Waals surface area (Å²) in [4.78, 5) is 0. The molecular weight excluding hydrogens is 1110 g/mol. The molecule has 0 bridgehead atoms. The summed E-state index contributed by atoms with van der Waals surface area (Å²) in [7, 11) is -20.0. The third-order valence-corrected chi connectivity index (χ3v) is 34.3. The second-order valence-corrected chi connectivity index (χ2v) is 37.1. The largest absolute Gasteiger partial charge is 0.349 e. The molecule has 0 aromatic carbocycles. The van der Waals surface area contributed by atoms with Crippen LogP contribution in [0.25, 0.3) is 0 Å². The van der Waals surface area contributed by atoms with E-state index in [1.54, 1.807) is 0 Å². The van der Waals surface area contributed by atoms with Crippen LogP contribution in [0.15, 0.2) is 22.6 Å². The number of hydrogen-bond acceptors (Lipinski definition) is 15. The minimum atomic E-state index is -4.01. The Bertz CT molecular complexity index is 1670. The number of hydrogen-bond donors (Lipinski definition) is 0. The Kier molecular flexibility index (Phi) is 24.4. The second kappa shape index (κ2) is 31.3. The van der Waals surface area contributed by atoms with E-state index in [0.29, 0.717) is 0 Å². The maximum absolute atomic E-state index is 8.06. The van der Waals surface area contributed by atoms with E-state index in [2.05, 4.69) is 0 Å². The van der Waals surface area contributed by atoms with E-state index >= 15 is 0 Å². The van der Waals surface area contributed by atoms with E-state index in [1.807, 2.05) is 0 Å². The van der Waals surface area contributed by atoms with Crippen molar-refractivity contribution in [3.8, 4) is 0 Å². The first-order chi connectivity index (χ1) is 39.3. The topological polar surface area (TPSA) is 154 Å². The van der Waals surface area contributed by atoms with E-state index in [-0.39, 0.29) is 61.0 Å². The van der Waals surface area contributed by atoms with Gasteiger partial charge in [0.15, 0.2) is 0 Å². The van der Waals surface area contributed by atoms with Gasteiger partial charge in [0.2, 0.25) is 0 Å². The zero-order chi connectivity index (χ0) is 54.2. The summed E-state index contributed by atoms with van der Waals surface area (Å²) in [6.45, 7) is 0. The summed E-state index contributed by atoms with van der Waals surface area (Å²) in [6.07, 6.45) is 50.0. The molecule has 0 atom stereocenters. The summed E-state index contributed by atoms with van der Waals surface area (Å²) in [5, 5.41) is 0. The fourth-order valence-electron chi connectivity index (χ4n) is 15.0. The maximum atomic E-state index is 8.06. The molecule has 0 spiro atoms. The number of nitrogens with zero attached hydrogens (tertiary/aromatic N) is 5. The van der Waals surface area contributed by atoms with Crippen LogP contribution in [0.2, 0.25) is 0 Å². The Morgan fingerprint density at radius 1 is 0.138 bits per heavy atom. The second-order valence-electron chi connectivity index (χ2n) is 26.6. The van der Waals surface area contributed by atoms with Crippen LogP contribution in [-0.4, -0.2) is 61.0 Å². The summed E-state index contributed by atoms with van der Waals surface area (Å²) in [6, 6.07) is 0. The van der Waals surface area contributed by atoms with Crippen molar-refractivity contribution in [2.75, 3.05) is 0 Å². The fraction of sp³-hybridized carbons (Fsp3) is 1.00. The molecule has 0 aromatic rings. The lowest BCUT2D eigenvalue weighted by atomic mass is 9.98. The van der Waals surface area contributed by atoms with Gasteiger partial charge in [0, 0.05) is 0 Å². The lowest BCUT2D eigenvalue weighted by Gasteiger charge is -2.41. The molecule has 0 aromatic heterocycles. The zero-order valence-electron chi connectivity index (χ0n) is 49.7. The highest BCUT2D eigenvalue weighted by molar-refractivity contribution is 7.78. The molecule has 0 saturated heterocycles. The Hall–Kier alpha value is 0.750. The molecule has 0 amide bonds. The predicted octanol–water partition coefficient (Wildman–Crippen LogP) is 23.2. The zero-order valence-corrected chi connectivity index (χ0v) is 54.2. The summed E-state index contributed by atoms with van der Waals surface area (Å²) < 4.78 is 112. The van der Waals surface area contributed by atoms with Gasteiger partial charge in [-0.3, -0.25) is 0 Å². The third kappa shape index (κ3) is 18.4. The van der Waals surface area contributed by atoms with Gasteiger partial charge < -0.3 is 45.2 Å².